The maximum absolute atomic E-state index is 4.19. The molecule has 0 aromatic heterocycles. The molecular weight excluding hydrogens is 723 g/mol. The van der Waals surface area contributed by atoms with Crippen LogP contribution in [0.3, 0.4) is 0 Å². The molecule has 0 fully saturated rings. The van der Waals surface area contributed by atoms with Gasteiger partial charge in [-0.2, -0.15) is 0 Å². The maximum Gasteiger partial charge on any atom is 0.0726 e. The third kappa shape index (κ3) is 5.33. The van der Waals surface area contributed by atoms with Crippen molar-refractivity contribution in [2.75, 3.05) is 4.90 Å². The Labute approximate surface area is 352 Å². The molecule has 0 N–H and O–H groups in total. The highest BCUT2D eigenvalue weighted by atomic mass is 15.1. The molecule has 0 aliphatic heterocycles. The Morgan fingerprint density at radius 1 is 0.400 bits per heavy atom. The van der Waals surface area contributed by atoms with Gasteiger partial charge in [-0.05, 0) is 125 Å². The van der Waals surface area contributed by atoms with Crippen LogP contribution in [0, 0.1) is 0 Å². The van der Waals surface area contributed by atoms with E-state index in [1.165, 1.54) is 66.4 Å². The van der Waals surface area contributed by atoms with Crippen LogP contribution in [0.15, 0.2) is 238 Å². The average Bonchev–Trinajstić information content (AvgIpc) is 3.78. The van der Waals surface area contributed by atoms with Gasteiger partial charge in [-0.15, -0.1) is 0 Å². The minimum absolute atomic E-state index is 0.452. The molecule has 2 aliphatic carbocycles. The first-order chi connectivity index (χ1) is 29.7. The van der Waals surface area contributed by atoms with Crippen molar-refractivity contribution >= 4 is 33.4 Å². The number of hydrogen-bond donors (Lipinski definition) is 0. The number of nitrogens with zero attached hydrogens (tertiary/aromatic N) is 1. The van der Waals surface area contributed by atoms with Crippen molar-refractivity contribution in [1.82, 2.24) is 0 Å². The monoisotopic (exact) mass is 763 g/mol. The highest BCUT2D eigenvalue weighted by Crippen LogP contribution is 2.63. The third-order valence-corrected chi connectivity index (χ3v) is 12.6. The van der Waals surface area contributed by atoms with E-state index in [1.54, 1.807) is 0 Å². The molecule has 0 amide bonds. The maximum atomic E-state index is 4.19. The standard InChI is InChI=1S/C59H41N/c1-3-17-40(4-2)49-36-34-45(38-54(49)42-18-6-5-7-19-42)60(44-32-30-43(31-33-44)48-26-16-21-41-20-8-9-22-47(41)48)46-35-37-53-52-25-12-15-29-57(52)59(58(53)39-46)55-27-13-10-23-50(55)51-24-11-14-28-56(51)59/h3-39H,1-2H2/b40-17+. The molecule has 0 bridgehead atoms. The molecule has 9 aromatic carbocycles. The molecule has 2 aliphatic rings. The first-order valence-corrected chi connectivity index (χ1v) is 20.7. The average molecular weight is 764 g/mol. The van der Waals surface area contributed by atoms with Gasteiger partial charge in [-0.1, -0.05) is 201 Å². The predicted octanol–water partition coefficient (Wildman–Crippen LogP) is 15.7. The Morgan fingerprint density at radius 3 is 1.58 bits per heavy atom. The van der Waals surface area contributed by atoms with Crippen molar-refractivity contribution < 1.29 is 0 Å². The summed E-state index contributed by atoms with van der Waals surface area (Å²) in [6.07, 6.45) is 5.79. The minimum atomic E-state index is -0.452. The van der Waals surface area contributed by atoms with E-state index in [0.29, 0.717) is 0 Å². The van der Waals surface area contributed by atoms with Gasteiger partial charge in [-0.25, -0.2) is 0 Å². The van der Waals surface area contributed by atoms with E-state index in [-0.39, 0.29) is 0 Å². The lowest BCUT2D eigenvalue weighted by molar-refractivity contribution is 0.793. The summed E-state index contributed by atoms with van der Waals surface area (Å²) in [5.41, 5.74) is 20.1. The fourth-order valence-corrected chi connectivity index (χ4v) is 10.1. The Balaban J connectivity index is 1.16. The first kappa shape index (κ1) is 35.4. The Morgan fingerprint density at radius 2 is 0.917 bits per heavy atom. The fourth-order valence-electron chi connectivity index (χ4n) is 10.1. The SMILES string of the molecule is C=C/C=C(\C=C)c1ccc(N(c2ccc(-c3cccc4ccccc34)cc2)c2ccc3c(c2)C2(c4ccccc4-c4ccccc42)c2ccccc2-3)cc1-c1ccccc1. The molecule has 1 nitrogen and oxygen atoms in total. The van der Waals surface area contributed by atoms with Crippen LogP contribution in [-0.2, 0) is 5.41 Å². The van der Waals surface area contributed by atoms with E-state index < -0.39 is 5.41 Å². The second kappa shape index (κ2) is 14.3. The zero-order valence-corrected chi connectivity index (χ0v) is 33.2. The van der Waals surface area contributed by atoms with Gasteiger partial charge in [0.05, 0.1) is 5.41 Å². The Kier molecular flexibility index (Phi) is 8.42. The zero-order valence-electron chi connectivity index (χ0n) is 33.2. The number of rotatable bonds is 8. The second-order valence-electron chi connectivity index (χ2n) is 15.7. The van der Waals surface area contributed by atoms with E-state index in [9.17, 15) is 0 Å². The zero-order chi connectivity index (χ0) is 40.2. The van der Waals surface area contributed by atoms with Gasteiger partial charge >= 0.3 is 0 Å². The lowest BCUT2D eigenvalue weighted by Gasteiger charge is -2.32. The van der Waals surface area contributed by atoms with Crippen LogP contribution in [0.4, 0.5) is 17.1 Å². The number of anilines is 3. The lowest BCUT2D eigenvalue weighted by Crippen LogP contribution is -2.26. The van der Waals surface area contributed by atoms with Crippen LogP contribution in [0.25, 0.3) is 60.9 Å². The molecular formula is C59H41N. The molecule has 0 radical (unpaired) electrons. The highest BCUT2D eigenvalue weighted by Gasteiger charge is 2.51. The van der Waals surface area contributed by atoms with Crippen LogP contribution in [0.1, 0.15) is 27.8 Å². The van der Waals surface area contributed by atoms with Gasteiger partial charge < -0.3 is 4.90 Å². The second-order valence-corrected chi connectivity index (χ2v) is 15.7. The summed E-state index contributed by atoms with van der Waals surface area (Å²) in [5.74, 6) is 0. The van der Waals surface area contributed by atoms with Gasteiger partial charge in [0.1, 0.15) is 0 Å². The van der Waals surface area contributed by atoms with E-state index in [1.807, 2.05) is 18.2 Å². The van der Waals surface area contributed by atoms with Crippen LogP contribution < -0.4 is 4.90 Å². The largest absolute Gasteiger partial charge is 0.310 e. The molecule has 9 aromatic rings. The van der Waals surface area contributed by atoms with Gasteiger partial charge in [-0.3, -0.25) is 0 Å². The molecule has 1 spiro atoms. The molecule has 0 saturated heterocycles. The molecule has 0 heterocycles. The Hall–Kier alpha value is -7.74. The molecule has 0 unspecified atom stereocenters. The first-order valence-electron chi connectivity index (χ1n) is 20.7. The smallest absolute Gasteiger partial charge is 0.0726 e. The third-order valence-electron chi connectivity index (χ3n) is 12.6. The van der Waals surface area contributed by atoms with E-state index >= 15 is 0 Å². The summed E-state index contributed by atoms with van der Waals surface area (Å²) in [6.45, 7) is 8.20. The summed E-state index contributed by atoms with van der Waals surface area (Å²) >= 11 is 0. The van der Waals surface area contributed by atoms with Crippen LogP contribution in [0.5, 0.6) is 0 Å². The number of hydrogen-bond acceptors (Lipinski definition) is 1. The summed E-state index contributed by atoms with van der Waals surface area (Å²) in [5, 5.41) is 2.49. The number of allylic oxidation sites excluding steroid dienone is 4. The normalized spacial score (nSPS) is 13.0. The molecule has 0 saturated carbocycles. The van der Waals surface area contributed by atoms with Crippen molar-refractivity contribution in [3.8, 4) is 44.5 Å². The Bertz CT molecular complexity index is 3110. The summed E-state index contributed by atoms with van der Waals surface area (Å²) in [6, 6.07) is 75.9. The number of fused-ring (bicyclic) bond motifs is 11. The van der Waals surface area contributed by atoms with Crippen molar-refractivity contribution in [2.24, 2.45) is 0 Å². The molecule has 0 atom stereocenters. The van der Waals surface area contributed by atoms with Crippen molar-refractivity contribution in [3.05, 3.63) is 265 Å². The molecule has 1 heteroatoms. The van der Waals surface area contributed by atoms with Gasteiger partial charge in [0, 0.05) is 17.1 Å². The highest BCUT2D eigenvalue weighted by molar-refractivity contribution is 5.99. The van der Waals surface area contributed by atoms with Crippen LogP contribution in [0.2, 0.25) is 0 Å². The lowest BCUT2D eigenvalue weighted by atomic mass is 9.70. The quantitative estimate of drug-likeness (QED) is 0.139. The summed E-state index contributed by atoms with van der Waals surface area (Å²) < 4.78 is 0. The van der Waals surface area contributed by atoms with Crippen molar-refractivity contribution in [1.29, 1.82) is 0 Å². The van der Waals surface area contributed by atoms with Crippen molar-refractivity contribution in [2.45, 2.75) is 5.41 Å². The van der Waals surface area contributed by atoms with Crippen molar-refractivity contribution in [3.63, 3.8) is 0 Å². The minimum Gasteiger partial charge on any atom is -0.310 e. The molecule has 11 rings (SSSR count). The van der Waals surface area contributed by atoms with Gasteiger partial charge in [0.2, 0.25) is 0 Å². The molecule has 60 heavy (non-hydrogen) atoms. The van der Waals surface area contributed by atoms with Gasteiger partial charge in [0.15, 0.2) is 0 Å². The van der Waals surface area contributed by atoms with Gasteiger partial charge in [0.25, 0.3) is 0 Å². The van der Waals surface area contributed by atoms with Crippen LogP contribution in [-0.4, -0.2) is 0 Å². The number of benzene rings is 9. The van der Waals surface area contributed by atoms with E-state index in [2.05, 4.69) is 224 Å². The summed E-state index contributed by atoms with van der Waals surface area (Å²) in [4.78, 5) is 2.43. The van der Waals surface area contributed by atoms with Crippen LogP contribution >= 0.6 is 0 Å². The summed E-state index contributed by atoms with van der Waals surface area (Å²) in [7, 11) is 0. The van der Waals surface area contributed by atoms with E-state index in [4.69, 9.17) is 0 Å². The molecule has 282 valence electrons. The predicted molar refractivity (Wildman–Crippen MR) is 254 cm³/mol. The fraction of sp³-hybridized carbons (Fsp3) is 0.0169. The van der Waals surface area contributed by atoms with E-state index in [0.717, 1.165) is 39.3 Å². The topological polar surface area (TPSA) is 3.24 Å².